The molecule has 8 heteroatoms. The van der Waals surface area contributed by atoms with Gasteiger partial charge in [-0.05, 0) is 66.9 Å². The highest BCUT2D eigenvalue weighted by atomic mass is 16.7. The molecule has 3 heterocycles. The fourth-order valence-corrected chi connectivity index (χ4v) is 4.16. The zero-order valence-electron chi connectivity index (χ0n) is 18.5. The summed E-state index contributed by atoms with van der Waals surface area (Å²) in [6, 6.07) is 17.5. The first kappa shape index (κ1) is 21.1. The maximum atomic E-state index is 12.7. The lowest BCUT2D eigenvalue weighted by Gasteiger charge is -2.31. The summed E-state index contributed by atoms with van der Waals surface area (Å²) in [5.74, 6) is 3.22. The first-order chi connectivity index (χ1) is 16.2. The average Bonchev–Trinajstić information content (AvgIpc) is 3.35. The maximum absolute atomic E-state index is 12.7. The third kappa shape index (κ3) is 4.69. The molecule has 0 unspecified atom stereocenters. The Morgan fingerprint density at radius 3 is 2.55 bits per heavy atom. The summed E-state index contributed by atoms with van der Waals surface area (Å²) in [7, 11) is 1.65. The van der Waals surface area contributed by atoms with Gasteiger partial charge in [0.25, 0.3) is 0 Å². The first-order valence-corrected chi connectivity index (χ1v) is 11.1. The minimum Gasteiger partial charge on any atom is -0.497 e. The van der Waals surface area contributed by atoms with Crippen LogP contribution in [0.3, 0.4) is 0 Å². The number of aromatic nitrogens is 2. The van der Waals surface area contributed by atoms with Crippen molar-refractivity contribution in [1.82, 2.24) is 15.5 Å². The van der Waals surface area contributed by atoms with Crippen LogP contribution in [0.25, 0.3) is 11.3 Å². The van der Waals surface area contributed by atoms with E-state index in [1.54, 1.807) is 7.11 Å². The summed E-state index contributed by atoms with van der Waals surface area (Å²) in [4.78, 5) is 14.9. The van der Waals surface area contributed by atoms with E-state index < -0.39 is 0 Å². The lowest BCUT2D eigenvalue weighted by atomic mass is 9.96. The van der Waals surface area contributed by atoms with Gasteiger partial charge in [-0.15, -0.1) is 10.2 Å². The fourth-order valence-electron chi connectivity index (χ4n) is 4.16. The van der Waals surface area contributed by atoms with E-state index in [0.29, 0.717) is 6.54 Å². The van der Waals surface area contributed by atoms with Crippen LogP contribution in [0.15, 0.2) is 54.6 Å². The van der Waals surface area contributed by atoms with Gasteiger partial charge in [-0.2, -0.15) is 0 Å². The van der Waals surface area contributed by atoms with E-state index >= 15 is 0 Å². The molecule has 0 saturated carbocycles. The van der Waals surface area contributed by atoms with Gasteiger partial charge in [-0.1, -0.05) is 6.07 Å². The maximum Gasteiger partial charge on any atom is 0.231 e. The number of nitrogens with zero attached hydrogens (tertiary/aromatic N) is 3. The summed E-state index contributed by atoms with van der Waals surface area (Å²) >= 11 is 0. The van der Waals surface area contributed by atoms with Gasteiger partial charge < -0.3 is 24.4 Å². The average molecular weight is 447 g/mol. The Morgan fingerprint density at radius 2 is 1.82 bits per heavy atom. The van der Waals surface area contributed by atoms with Gasteiger partial charge in [-0.3, -0.25) is 4.79 Å². The monoisotopic (exact) mass is 446 g/mol. The number of hydrogen-bond acceptors (Lipinski definition) is 7. The molecular formula is C25H26N4O4. The number of carbonyl (C=O) groups is 1. The van der Waals surface area contributed by atoms with Crippen molar-refractivity contribution >= 4 is 11.7 Å². The molecule has 1 fully saturated rings. The Balaban J connectivity index is 1.12. The molecule has 3 aromatic rings. The number of fused-ring (bicyclic) bond motifs is 1. The van der Waals surface area contributed by atoms with Gasteiger partial charge in [0.05, 0.1) is 12.8 Å². The number of anilines is 1. The molecule has 0 spiro atoms. The molecule has 2 aromatic carbocycles. The van der Waals surface area contributed by atoms with Crippen molar-refractivity contribution in [3.63, 3.8) is 0 Å². The minimum atomic E-state index is 0.00166. The predicted molar refractivity (Wildman–Crippen MR) is 123 cm³/mol. The van der Waals surface area contributed by atoms with Crippen LogP contribution in [0.5, 0.6) is 17.2 Å². The number of piperidine rings is 1. The lowest BCUT2D eigenvalue weighted by Crippen LogP contribution is -2.40. The van der Waals surface area contributed by atoms with Crippen LogP contribution in [0.1, 0.15) is 18.4 Å². The number of methoxy groups -OCH3 is 1. The van der Waals surface area contributed by atoms with Crippen molar-refractivity contribution in [1.29, 1.82) is 0 Å². The minimum absolute atomic E-state index is 0.00166. The Morgan fingerprint density at radius 1 is 1.03 bits per heavy atom. The van der Waals surface area contributed by atoms with Crippen LogP contribution in [-0.2, 0) is 11.3 Å². The summed E-state index contributed by atoms with van der Waals surface area (Å²) in [5.41, 5.74) is 2.81. The summed E-state index contributed by atoms with van der Waals surface area (Å²) < 4.78 is 15.9. The Bertz CT molecular complexity index is 1110. The normalized spacial score (nSPS) is 15.4. The SMILES string of the molecule is COc1ccc(-c2ccc(N3CCC(C(=O)NCc4ccc5c(c4)OCO5)CC3)nn2)cc1. The summed E-state index contributed by atoms with van der Waals surface area (Å²) in [5, 5.41) is 11.9. The van der Waals surface area contributed by atoms with E-state index in [0.717, 1.165) is 65.8 Å². The zero-order valence-corrected chi connectivity index (χ0v) is 18.5. The molecule has 2 aliphatic heterocycles. The molecule has 0 atom stereocenters. The van der Waals surface area contributed by atoms with Gasteiger partial charge in [-0.25, -0.2) is 0 Å². The second-order valence-corrected chi connectivity index (χ2v) is 8.17. The largest absolute Gasteiger partial charge is 0.497 e. The van der Waals surface area contributed by atoms with E-state index in [1.807, 2.05) is 54.6 Å². The van der Waals surface area contributed by atoms with E-state index in [1.165, 1.54) is 0 Å². The number of ether oxygens (including phenoxy) is 3. The molecule has 2 aliphatic rings. The number of nitrogens with one attached hydrogen (secondary N) is 1. The highest BCUT2D eigenvalue weighted by Gasteiger charge is 2.26. The van der Waals surface area contributed by atoms with Crippen molar-refractivity contribution in [2.75, 3.05) is 31.9 Å². The van der Waals surface area contributed by atoms with Crippen molar-refractivity contribution in [2.45, 2.75) is 19.4 Å². The standard InChI is InChI=1S/C25H26N4O4/c1-31-20-5-3-18(4-6-20)21-7-9-24(28-27-21)29-12-10-19(11-13-29)25(30)26-15-17-2-8-22-23(14-17)33-16-32-22/h2-9,14,19H,10-13,15-16H2,1H3,(H,26,30). The molecule has 5 rings (SSSR count). The van der Waals surface area contributed by atoms with Gasteiger partial charge >= 0.3 is 0 Å². The molecule has 170 valence electrons. The molecule has 1 aromatic heterocycles. The van der Waals surface area contributed by atoms with Crippen molar-refractivity contribution < 1.29 is 19.0 Å². The van der Waals surface area contributed by atoms with Crippen LogP contribution in [0.4, 0.5) is 5.82 Å². The number of rotatable bonds is 6. The second kappa shape index (κ2) is 9.36. The van der Waals surface area contributed by atoms with Crippen LogP contribution >= 0.6 is 0 Å². The van der Waals surface area contributed by atoms with Crippen molar-refractivity contribution in [2.24, 2.45) is 5.92 Å². The molecule has 0 aliphatic carbocycles. The van der Waals surface area contributed by atoms with E-state index in [-0.39, 0.29) is 18.6 Å². The van der Waals surface area contributed by atoms with Gasteiger partial charge in [0.2, 0.25) is 12.7 Å². The Labute approximate surface area is 192 Å². The molecule has 8 nitrogen and oxygen atoms in total. The lowest BCUT2D eigenvalue weighted by molar-refractivity contribution is -0.125. The van der Waals surface area contributed by atoms with Crippen LogP contribution in [0.2, 0.25) is 0 Å². The number of benzene rings is 2. The highest BCUT2D eigenvalue weighted by molar-refractivity contribution is 5.79. The van der Waals surface area contributed by atoms with Crippen molar-refractivity contribution in [3.05, 3.63) is 60.2 Å². The number of hydrogen-bond donors (Lipinski definition) is 1. The third-order valence-corrected chi connectivity index (χ3v) is 6.13. The first-order valence-electron chi connectivity index (χ1n) is 11.1. The molecule has 33 heavy (non-hydrogen) atoms. The van der Waals surface area contributed by atoms with E-state index in [4.69, 9.17) is 14.2 Å². The highest BCUT2D eigenvalue weighted by Crippen LogP contribution is 2.32. The molecule has 0 radical (unpaired) electrons. The molecule has 1 amide bonds. The molecule has 1 N–H and O–H groups in total. The van der Waals surface area contributed by atoms with Crippen LogP contribution in [0, 0.1) is 5.92 Å². The second-order valence-electron chi connectivity index (χ2n) is 8.17. The van der Waals surface area contributed by atoms with Crippen LogP contribution in [-0.4, -0.2) is 43.1 Å². The fraction of sp³-hybridized carbons (Fsp3) is 0.320. The molecular weight excluding hydrogens is 420 g/mol. The Kier molecular flexibility index (Phi) is 5.97. The quantitative estimate of drug-likeness (QED) is 0.621. The number of amides is 1. The predicted octanol–water partition coefficient (Wildman–Crippen LogP) is 3.41. The van der Waals surface area contributed by atoms with E-state index in [9.17, 15) is 4.79 Å². The molecule has 1 saturated heterocycles. The summed E-state index contributed by atoms with van der Waals surface area (Å²) in [6.45, 7) is 2.28. The topological polar surface area (TPSA) is 85.8 Å². The summed E-state index contributed by atoms with van der Waals surface area (Å²) in [6.07, 6.45) is 1.57. The zero-order chi connectivity index (χ0) is 22.6. The number of carbonyl (C=O) groups excluding carboxylic acids is 1. The third-order valence-electron chi connectivity index (χ3n) is 6.13. The van der Waals surface area contributed by atoms with E-state index in [2.05, 4.69) is 20.4 Å². The van der Waals surface area contributed by atoms with Crippen molar-refractivity contribution in [3.8, 4) is 28.5 Å². The Hall–Kier alpha value is -3.81. The van der Waals surface area contributed by atoms with Gasteiger partial charge in [0.1, 0.15) is 5.75 Å². The molecule has 0 bridgehead atoms. The van der Waals surface area contributed by atoms with Gasteiger partial charge in [0, 0.05) is 31.1 Å². The smallest absolute Gasteiger partial charge is 0.231 e. The van der Waals surface area contributed by atoms with Crippen LogP contribution < -0.4 is 24.4 Å². The van der Waals surface area contributed by atoms with Gasteiger partial charge in [0.15, 0.2) is 17.3 Å².